The van der Waals surface area contributed by atoms with Gasteiger partial charge in [0.1, 0.15) is 17.3 Å². The molecule has 0 spiro atoms. The Labute approximate surface area is 179 Å². The molecule has 2 amide bonds. The summed E-state index contributed by atoms with van der Waals surface area (Å²) in [7, 11) is 1.54. The summed E-state index contributed by atoms with van der Waals surface area (Å²) in [5.41, 5.74) is 3.97. The van der Waals surface area contributed by atoms with Crippen LogP contribution in [0.1, 0.15) is 16.7 Å². The second kappa shape index (κ2) is 8.07. The van der Waals surface area contributed by atoms with Gasteiger partial charge in [-0.25, -0.2) is 9.29 Å². The largest absolute Gasteiger partial charge is 0.497 e. The SMILES string of the molecule is COc1ccc(N2C(=O)C(Nc3cc(C)cc(C)c3)=C(c3ccc(F)cc3)C2=O)cc1. The highest BCUT2D eigenvalue weighted by Crippen LogP contribution is 2.34. The molecule has 1 N–H and O–H groups in total. The van der Waals surface area contributed by atoms with E-state index < -0.39 is 17.6 Å². The van der Waals surface area contributed by atoms with Crippen LogP contribution in [0.15, 0.2) is 72.4 Å². The van der Waals surface area contributed by atoms with Crippen molar-refractivity contribution in [1.82, 2.24) is 0 Å². The Morgan fingerprint density at radius 3 is 2.03 bits per heavy atom. The zero-order chi connectivity index (χ0) is 22.1. The number of nitrogens with zero attached hydrogens (tertiary/aromatic N) is 1. The molecule has 0 saturated heterocycles. The second-order valence-electron chi connectivity index (χ2n) is 7.40. The van der Waals surface area contributed by atoms with E-state index >= 15 is 0 Å². The molecule has 0 radical (unpaired) electrons. The second-order valence-corrected chi connectivity index (χ2v) is 7.40. The summed E-state index contributed by atoms with van der Waals surface area (Å²) in [5.74, 6) is -0.762. The normalized spacial score (nSPS) is 13.7. The lowest BCUT2D eigenvalue weighted by atomic mass is 10.0. The fourth-order valence-corrected chi connectivity index (χ4v) is 3.69. The predicted octanol–water partition coefficient (Wildman–Crippen LogP) is 4.85. The Morgan fingerprint density at radius 2 is 1.45 bits per heavy atom. The highest BCUT2D eigenvalue weighted by molar-refractivity contribution is 6.46. The van der Waals surface area contributed by atoms with E-state index in [0.29, 0.717) is 22.7 Å². The molecule has 0 bridgehead atoms. The van der Waals surface area contributed by atoms with Gasteiger partial charge in [0.05, 0.1) is 18.4 Å². The number of hydrogen-bond donors (Lipinski definition) is 1. The van der Waals surface area contributed by atoms with Crippen LogP contribution in [-0.4, -0.2) is 18.9 Å². The van der Waals surface area contributed by atoms with E-state index in [2.05, 4.69) is 5.32 Å². The van der Waals surface area contributed by atoms with Crippen LogP contribution in [0.3, 0.4) is 0 Å². The third-order valence-corrected chi connectivity index (χ3v) is 5.04. The van der Waals surface area contributed by atoms with Crippen LogP contribution in [0.25, 0.3) is 5.57 Å². The fourth-order valence-electron chi connectivity index (χ4n) is 3.69. The quantitative estimate of drug-likeness (QED) is 0.604. The molecule has 1 heterocycles. The summed E-state index contributed by atoms with van der Waals surface area (Å²) >= 11 is 0. The van der Waals surface area contributed by atoms with Gasteiger partial charge in [-0.15, -0.1) is 0 Å². The molecule has 1 aliphatic heterocycles. The Bertz CT molecular complexity index is 1180. The van der Waals surface area contributed by atoms with Crippen LogP contribution in [0, 0.1) is 19.7 Å². The molecule has 4 rings (SSSR count). The standard InChI is InChI=1S/C25H21FN2O3/c1-15-12-16(2)14-19(13-15)27-23-22(17-4-6-18(26)7-5-17)24(29)28(25(23)30)20-8-10-21(31-3)11-9-20/h4-14,27H,1-3H3. The number of ether oxygens (including phenoxy) is 1. The maximum absolute atomic E-state index is 13.5. The predicted molar refractivity (Wildman–Crippen MR) is 118 cm³/mol. The Morgan fingerprint density at radius 1 is 0.839 bits per heavy atom. The number of halogens is 1. The third kappa shape index (κ3) is 3.92. The summed E-state index contributed by atoms with van der Waals surface area (Å²) < 4.78 is 18.7. The lowest BCUT2D eigenvalue weighted by Crippen LogP contribution is -2.32. The van der Waals surface area contributed by atoms with E-state index in [1.807, 2.05) is 32.0 Å². The number of rotatable bonds is 5. The van der Waals surface area contributed by atoms with Crippen molar-refractivity contribution < 1.29 is 18.7 Å². The molecule has 31 heavy (non-hydrogen) atoms. The molecule has 0 aliphatic carbocycles. The van der Waals surface area contributed by atoms with Crippen LogP contribution in [0.2, 0.25) is 0 Å². The number of hydrogen-bond acceptors (Lipinski definition) is 4. The van der Waals surface area contributed by atoms with Crippen LogP contribution in [0.4, 0.5) is 15.8 Å². The summed E-state index contributed by atoms with van der Waals surface area (Å²) in [4.78, 5) is 27.9. The minimum atomic E-state index is -0.478. The van der Waals surface area contributed by atoms with Crippen molar-refractivity contribution in [2.45, 2.75) is 13.8 Å². The van der Waals surface area contributed by atoms with Gasteiger partial charge >= 0.3 is 0 Å². The molecular weight excluding hydrogens is 395 g/mol. The van der Waals surface area contributed by atoms with E-state index in [1.165, 1.54) is 24.3 Å². The number of aryl methyl sites for hydroxylation is 2. The minimum absolute atomic E-state index is 0.150. The van der Waals surface area contributed by atoms with E-state index in [0.717, 1.165) is 16.0 Å². The maximum Gasteiger partial charge on any atom is 0.282 e. The molecule has 0 atom stereocenters. The molecule has 3 aromatic rings. The van der Waals surface area contributed by atoms with Gasteiger partial charge in [-0.2, -0.15) is 0 Å². The first-order valence-corrected chi connectivity index (χ1v) is 9.76. The van der Waals surface area contributed by atoms with Crippen molar-refractivity contribution in [3.05, 3.63) is 94.9 Å². The van der Waals surface area contributed by atoms with Gasteiger partial charge in [-0.05, 0) is 79.1 Å². The van der Waals surface area contributed by atoms with E-state index in [-0.39, 0.29) is 11.3 Å². The number of amides is 2. The average Bonchev–Trinajstić information content (AvgIpc) is 2.98. The van der Waals surface area contributed by atoms with Gasteiger partial charge in [0.2, 0.25) is 0 Å². The van der Waals surface area contributed by atoms with Gasteiger partial charge in [0.25, 0.3) is 11.8 Å². The molecule has 5 nitrogen and oxygen atoms in total. The Hall–Kier alpha value is -3.93. The van der Waals surface area contributed by atoms with Gasteiger partial charge < -0.3 is 10.1 Å². The molecular formula is C25H21FN2O3. The van der Waals surface area contributed by atoms with Gasteiger partial charge in [0.15, 0.2) is 0 Å². The molecule has 0 saturated carbocycles. The van der Waals surface area contributed by atoms with E-state index in [9.17, 15) is 14.0 Å². The van der Waals surface area contributed by atoms with Crippen LogP contribution >= 0.6 is 0 Å². The van der Waals surface area contributed by atoms with Crippen molar-refractivity contribution >= 4 is 28.8 Å². The topological polar surface area (TPSA) is 58.6 Å². The number of methoxy groups -OCH3 is 1. The van der Waals surface area contributed by atoms with Crippen molar-refractivity contribution in [3.63, 3.8) is 0 Å². The van der Waals surface area contributed by atoms with Crippen LogP contribution < -0.4 is 15.0 Å². The lowest BCUT2D eigenvalue weighted by Gasteiger charge is -2.16. The highest BCUT2D eigenvalue weighted by atomic mass is 19.1. The zero-order valence-electron chi connectivity index (χ0n) is 17.4. The van der Waals surface area contributed by atoms with E-state index in [1.54, 1.807) is 31.4 Å². The molecule has 0 fully saturated rings. The first kappa shape index (κ1) is 20.3. The van der Waals surface area contributed by atoms with Crippen LogP contribution in [-0.2, 0) is 9.59 Å². The van der Waals surface area contributed by atoms with Crippen molar-refractivity contribution in [2.24, 2.45) is 0 Å². The molecule has 3 aromatic carbocycles. The van der Waals surface area contributed by atoms with Crippen LogP contribution in [0.5, 0.6) is 5.75 Å². The summed E-state index contributed by atoms with van der Waals surface area (Å²) in [6, 6.07) is 18.0. The fraction of sp³-hybridized carbons (Fsp3) is 0.120. The maximum atomic E-state index is 13.5. The Kier molecular flexibility index (Phi) is 5.29. The summed E-state index contributed by atoms with van der Waals surface area (Å²) in [6.45, 7) is 3.91. The monoisotopic (exact) mass is 416 g/mol. The summed E-state index contributed by atoms with van der Waals surface area (Å²) in [6.07, 6.45) is 0. The minimum Gasteiger partial charge on any atom is -0.497 e. The summed E-state index contributed by atoms with van der Waals surface area (Å²) in [5, 5.41) is 3.14. The number of anilines is 2. The zero-order valence-corrected chi connectivity index (χ0v) is 17.4. The molecule has 0 aromatic heterocycles. The van der Waals surface area contributed by atoms with Crippen molar-refractivity contribution in [2.75, 3.05) is 17.3 Å². The molecule has 156 valence electrons. The number of carbonyl (C=O) groups is 2. The van der Waals surface area contributed by atoms with E-state index in [4.69, 9.17) is 4.74 Å². The third-order valence-electron chi connectivity index (χ3n) is 5.04. The lowest BCUT2D eigenvalue weighted by molar-refractivity contribution is -0.120. The first-order valence-electron chi connectivity index (χ1n) is 9.76. The average molecular weight is 416 g/mol. The molecule has 0 unspecified atom stereocenters. The van der Waals surface area contributed by atoms with Crippen molar-refractivity contribution in [3.8, 4) is 5.75 Å². The molecule has 6 heteroatoms. The highest BCUT2D eigenvalue weighted by Gasteiger charge is 2.40. The smallest absolute Gasteiger partial charge is 0.282 e. The number of nitrogens with one attached hydrogen (secondary N) is 1. The number of benzene rings is 3. The van der Waals surface area contributed by atoms with Gasteiger partial charge in [-0.1, -0.05) is 18.2 Å². The number of carbonyl (C=O) groups excluding carboxylic acids is 2. The number of imide groups is 1. The van der Waals surface area contributed by atoms with Gasteiger partial charge in [-0.3, -0.25) is 9.59 Å². The Balaban J connectivity index is 1.81. The first-order chi connectivity index (χ1) is 14.9. The van der Waals surface area contributed by atoms with Gasteiger partial charge in [0, 0.05) is 5.69 Å². The van der Waals surface area contributed by atoms with Crippen molar-refractivity contribution in [1.29, 1.82) is 0 Å². The molecule has 1 aliphatic rings.